The van der Waals surface area contributed by atoms with E-state index in [0.717, 1.165) is 103 Å². The molecule has 101 heavy (non-hydrogen) atoms. The maximum atomic E-state index is 13.1. The summed E-state index contributed by atoms with van der Waals surface area (Å²) < 4.78 is 68.7. The van der Waals surface area contributed by atoms with Gasteiger partial charge >= 0.3 is 39.5 Å². The lowest BCUT2D eigenvalue weighted by molar-refractivity contribution is -0.161. The number of aliphatic hydroxyl groups excluding tert-OH is 1. The highest BCUT2D eigenvalue weighted by molar-refractivity contribution is 7.47. The minimum absolute atomic E-state index is 0.0861. The third kappa shape index (κ3) is 75.6. The van der Waals surface area contributed by atoms with Gasteiger partial charge in [0.25, 0.3) is 0 Å². The Kier molecular flexibility index (Phi) is 73.9. The summed E-state index contributed by atoms with van der Waals surface area (Å²) in [5.74, 6) is -2.13. The minimum Gasteiger partial charge on any atom is -0.462 e. The summed E-state index contributed by atoms with van der Waals surface area (Å²) in [6, 6.07) is 0. The molecule has 0 amide bonds. The number of ether oxygens (including phenoxy) is 4. The molecule has 0 rings (SSSR count). The fourth-order valence-electron chi connectivity index (χ4n) is 12.3. The molecule has 0 aliphatic carbocycles. The van der Waals surface area contributed by atoms with E-state index in [1.165, 1.54) is 238 Å². The van der Waals surface area contributed by atoms with Crippen molar-refractivity contribution >= 4 is 39.5 Å². The highest BCUT2D eigenvalue weighted by atomic mass is 31.2. The maximum Gasteiger partial charge on any atom is 0.472 e. The maximum absolute atomic E-state index is 13.1. The molecule has 0 saturated heterocycles. The van der Waals surface area contributed by atoms with Crippen LogP contribution in [0.2, 0.25) is 0 Å². The molecule has 2 unspecified atom stereocenters. The summed E-state index contributed by atoms with van der Waals surface area (Å²) in [7, 11) is -9.93. The number of allylic oxidation sites excluding steroid dienone is 4. The van der Waals surface area contributed by atoms with Crippen molar-refractivity contribution in [1.82, 2.24) is 0 Å². The van der Waals surface area contributed by atoms with E-state index in [9.17, 15) is 43.2 Å². The highest BCUT2D eigenvalue weighted by Crippen LogP contribution is 2.45. The van der Waals surface area contributed by atoms with Gasteiger partial charge in [-0.25, -0.2) is 9.13 Å². The quantitative estimate of drug-likeness (QED) is 0.0169. The van der Waals surface area contributed by atoms with Crippen LogP contribution in [0.15, 0.2) is 24.3 Å². The molecule has 0 aromatic carbocycles. The zero-order valence-electron chi connectivity index (χ0n) is 65.4. The van der Waals surface area contributed by atoms with E-state index in [2.05, 4.69) is 52.0 Å². The average molecular weight is 1480 g/mol. The molecule has 0 aliphatic rings. The number of unbranched alkanes of at least 4 members (excludes halogenated alkanes) is 52. The fourth-order valence-corrected chi connectivity index (χ4v) is 13.9. The van der Waals surface area contributed by atoms with Crippen LogP contribution in [0.1, 0.15) is 419 Å². The van der Waals surface area contributed by atoms with Gasteiger partial charge < -0.3 is 33.8 Å². The van der Waals surface area contributed by atoms with Gasteiger partial charge in [0.1, 0.15) is 19.3 Å². The van der Waals surface area contributed by atoms with Gasteiger partial charge in [-0.1, -0.05) is 367 Å². The lowest BCUT2D eigenvalue weighted by atomic mass is 10.0. The van der Waals surface area contributed by atoms with Crippen molar-refractivity contribution in [3.05, 3.63) is 24.3 Å². The summed E-state index contributed by atoms with van der Waals surface area (Å²) in [6.45, 7) is 4.98. The molecular formula is C82H156O17P2. The van der Waals surface area contributed by atoms with Gasteiger partial charge in [0.2, 0.25) is 0 Å². The standard InChI is InChI=1S/C82H156O17P2/c1-5-9-13-17-21-25-29-33-36-38-41-45-49-53-57-61-65-69-82(87)99-78(73-93-80(85)67-63-59-55-51-47-43-40-37-34-30-26-22-18-14-10-6-2)75-97-101(90,91)95-71-76(83)70-94-100(88,89)96-74-77(72-92-79(84)66-62-58-54-50-46-42-32-28-24-20-16-12-8-4)98-81(86)68-64-60-56-52-48-44-39-35-31-27-23-19-15-11-7-3/h27,31,35,39,76-78,83H,5-26,28-30,32-34,36-38,40-75H2,1-4H3,(H,88,89)(H,90,91)/b31-27-,39-35-/t76-,77+,78+/m0/s1. The van der Waals surface area contributed by atoms with Gasteiger partial charge in [-0.05, 0) is 51.4 Å². The van der Waals surface area contributed by atoms with E-state index in [1.807, 2.05) is 0 Å². The largest absolute Gasteiger partial charge is 0.472 e. The van der Waals surface area contributed by atoms with Gasteiger partial charge in [-0.3, -0.25) is 37.3 Å². The van der Waals surface area contributed by atoms with Crippen molar-refractivity contribution in [3.8, 4) is 0 Å². The number of carbonyl (C=O) groups is 4. The predicted octanol–water partition coefficient (Wildman–Crippen LogP) is 24.5. The number of hydrogen-bond donors (Lipinski definition) is 3. The van der Waals surface area contributed by atoms with Crippen LogP contribution in [0, 0.1) is 0 Å². The molecule has 0 bridgehead atoms. The normalized spacial score (nSPS) is 13.9. The Morgan fingerprint density at radius 1 is 0.277 bits per heavy atom. The molecule has 596 valence electrons. The van der Waals surface area contributed by atoms with Crippen molar-refractivity contribution in [2.45, 2.75) is 438 Å². The van der Waals surface area contributed by atoms with Crippen LogP contribution in [0.3, 0.4) is 0 Å². The van der Waals surface area contributed by atoms with Crippen LogP contribution in [0.5, 0.6) is 0 Å². The molecule has 0 radical (unpaired) electrons. The van der Waals surface area contributed by atoms with Crippen molar-refractivity contribution in [2.24, 2.45) is 0 Å². The molecule has 0 spiro atoms. The number of phosphoric ester groups is 2. The number of aliphatic hydroxyl groups is 1. The van der Waals surface area contributed by atoms with Gasteiger partial charge in [0.05, 0.1) is 26.4 Å². The average Bonchev–Trinajstić information content (AvgIpc) is 1.63. The molecule has 0 aromatic rings. The number of phosphoric acid groups is 2. The minimum atomic E-state index is -4.97. The van der Waals surface area contributed by atoms with Gasteiger partial charge in [0.15, 0.2) is 12.2 Å². The van der Waals surface area contributed by atoms with Crippen molar-refractivity contribution in [2.75, 3.05) is 39.6 Å². The Morgan fingerprint density at radius 2 is 0.475 bits per heavy atom. The summed E-state index contributed by atoms with van der Waals surface area (Å²) in [5, 5.41) is 10.7. The lowest BCUT2D eigenvalue weighted by Gasteiger charge is -2.21. The van der Waals surface area contributed by atoms with Crippen LogP contribution in [-0.4, -0.2) is 96.7 Å². The topological polar surface area (TPSA) is 237 Å². The predicted molar refractivity (Wildman–Crippen MR) is 414 cm³/mol. The van der Waals surface area contributed by atoms with E-state index < -0.39 is 97.5 Å². The third-order valence-electron chi connectivity index (χ3n) is 18.7. The van der Waals surface area contributed by atoms with Crippen LogP contribution in [-0.2, 0) is 65.4 Å². The molecule has 0 fully saturated rings. The first-order valence-electron chi connectivity index (χ1n) is 42.1. The number of esters is 4. The molecule has 19 heteroatoms. The first-order chi connectivity index (χ1) is 49.2. The molecule has 0 aromatic heterocycles. The first kappa shape index (κ1) is 98.5. The lowest BCUT2D eigenvalue weighted by Crippen LogP contribution is -2.30. The van der Waals surface area contributed by atoms with Crippen LogP contribution in [0.25, 0.3) is 0 Å². The summed E-state index contributed by atoms with van der Waals surface area (Å²) >= 11 is 0. The smallest absolute Gasteiger partial charge is 0.462 e. The Labute approximate surface area is 618 Å². The van der Waals surface area contributed by atoms with E-state index in [4.69, 9.17) is 37.0 Å². The Morgan fingerprint density at radius 3 is 0.723 bits per heavy atom. The molecule has 3 N–H and O–H groups in total. The first-order valence-corrected chi connectivity index (χ1v) is 45.1. The highest BCUT2D eigenvalue weighted by Gasteiger charge is 2.30. The van der Waals surface area contributed by atoms with E-state index in [0.29, 0.717) is 25.7 Å². The second kappa shape index (κ2) is 75.8. The van der Waals surface area contributed by atoms with Crippen LogP contribution < -0.4 is 0 Å². The van der Waals surface area contributed by atoms with Crippen molar-refractivity contribution in [1.29, 1.82) is 0 Å². The molecule has 0 aliphatic heterocycles. The summed E-state index contributed by atoms with van der Waals surface area (Å²) in [4.78, 5) is 73.1. The van der Waals surface area contributed by atoms with Gasteiger partial charge in [0, 0.05) is 25.7 Å². The zero-order chi connectivity index (χ0) is 73.9. The summed E-state index contributed by atoms with van der Waals surface area (Å²) in [5.41, 5.74) is 0. The fraction of sp³-hybridized carbons (Fsp3) is 0.902. The van der Waals surface area contributed by atoms with Crippen molar-refractivity contribution in [3.63, 3.8) is 0 Å². The number of rotatable bonds is 81. The zero-order valence-corrected chi connectivity index (χ0v) is 67.2. The molecule has 0 heterocycles. The molecule has 0 saturated carbocycles. The number of carbonyl (C=O) groups excluding carboxylic acids is 4. The molecule has 5 atom stereocenters. The second-order valence-corrected chi connectivity index (χ2v) is 31.7. The Hall–Kier alpha value is -2.46. The van der Waals surface area contributed by atoms with E-state index in [1.54, 1.807) is 0 Å². The Balaban J connectivity index is 5.30. The van der Waals surface area contributed by atoms with Crippen molar-refractivity contribution < 1.29 is 80.2 Å². The van der Waals surface area contributed by atoms with Crippen LogP contribution >= 0.6 is 15.6 Å². The van der Waals surface area contributed by atoms with E-state index >= 15 is 0 Å². The van der Waals surface area contributed by atoms with E-state index in [-0.39, 0.29) is 25.7 Å². The monoisotopic (exact) mass is 1480 g/mol. The SMILES string of the molecule is CCCCCC/C=C\C=C/CCCCCCCC(=O)O[C@H](COC(=O)CCCCCCCCCCCCCCC)COP(=O)(O)OC[C@H](O)COP(=O)(O)OC[C@@H](COC(=O)CCCCCCCCCCCCCCCCCC)OC(=O)CCCCCCCCCCCCCCCCCCC. The second-order valence-electron chi connectivity index (χ2n) is 28.8. The molecule has 17 nitrogen and oxygen atoms in total. The molecular weight excluding hydrogens is 1320 g/mol. The third-order valence-corrected chi connectivity index (χ3v) is 20.6. The summed E-state index contributed by atoms with van der Waals surface area (Å²) in [6.07, 6.45) is 71.4. The number of hydrogen-bond acceptors (Lipinski definition) is 15. The Bertz CT molecular complexity index is 2010. The van der Waals surface area contributed by atoms with Gasteiger partial charge in [-0.2, -0.15) is 0 Å². The van der Waals surface area contributed by atoms with Crippen LogP contribution in [0.4, 0.5) is 0 Å². The van der Waals surface area contributed by atoms with Gasteiger partial charge in [-0.15, -0.1) is 0 Å².